The van der Waals surface area contributed by atoms with Gasteiger partial charge in [-0.15, -0.1) is 5.10 Å². The predicted octanol–water partition coefficient (Wildman–Crippen LogP) is 4.02. The molecule has 0 aliphatic heterocycles. The molecule has 0 spiro atoms. The number of nitrogens with one attached hydrogen (secondary N) is 2. The number of para-hydroxylation sites is 1. The van der Waals surface area contributed by atoms with Crippen molar-refractivity contribution in [1.29, 1.82) is 0 Å². The van der Waals surface area contributed by atoms with Gasteiger partial charge in [0, 0.05) is 35.9 Å². The number of urea groups is 1. The highest BCUT2D eigenvalue weighted by Crippen LogP contribution is 2.17. The topological polar surface area (TPSA) is 94.0 Å². The molecule has 9 heteroatoms. The number of benzene rings is 2. The zero-order valence-electron chi connectivity index (χ0n) is 15.7. The van der Waals surface area contributed by atoms with E-state index in [-0.39, 0.29) is 18.1 Å². The third-order valence-electron chi connectivity index (χ3n) is 4.07. The van der Waals surface area contributed by atoms with Gasteiger partial charge in [0.1, 0.15) is 12.4 Å². The van der Waals surface area contributed by atoms with Crippen molar-refractivity contribution in [2.24, 2.45) is 0 Å². The molecule has 2 aromatic heterocycles. The summed E-state index contributed by atoms with van der Waals surface area (Å²) >= 11 is 0. The molecule has 4 aromatic rings. The van der Waals surface area contributed by atoms with Crippen LogP contribution in [-0.4, -0.2) is 25.8 Å². The number of ether oxygens (including phenoxy) is 1. The first-order valence-electron chi connectivity index (χ1n) is 9.04. The van der Waals surface area contributed by atoms with Gasteiger partial charge >= 0.3 is 6.03 Å². The number of hydrogen-bond donors (Lipinski definition) is 2. The molecule has 0 unspecified atom stereocenters. The van der Waals surface area contributed by atoms with Crippen LogP contribution >= 0.6 is 0 Å². The largest absolute Gasteiger partial charge is 0.472 e. The average molecular weight is 404 g/mol. The van der Waals surface area contributed by atoms with Crippen LogP contribution in [0.5, 0.6) is 5.88 Å². The van der Waals surface area contributed by atoms with Gasteiger partial charge < -0.3 is 10.1 Å². The van der Waals surface area contributed by atoms with Gasteiger partial charge in [0.2, 0.25) is 5.88 Å². The predicted molar refractivity (Wildman–Crippen MR) is 109 cm³/mol. The Morgan fingerprint density at radius 1 is 1.07 bits per heavy atom. The number of amides is 2. The molecule has 2 amide bonds. The fourth-order valence-electron chi connectivity index (χ4n) is 2.67. The Morgan fingerprint density at radius 2 is 1.93 bits per heavy atom. The molecule has 2 N–H and O–H groups in total. The van der Waals surface area contributed by atoms with E-state index in [0.717, 1.165) is 5.69 Å². The number of carbonyl (C=O) groups is 1. The van der Waals surface area contributed by atoms with E-state index in [4.69, 9.17) is 4.74 Å². The van der Waals surface area contributed by atoms with E-state index in [1.54, 1.807) is 16.9 Å². The van der Waals surface area contributed by atoms with Crippen LogP contribution in [0.1, 0.15) is 5.56 Å². The molecule has 0 atom stereocenters. The number of anilines is 2. The average Bonchev–Trinajstić information content (AvgIpc) is 3.24. The SMILES string of the molecule is O=C(Nc1ccc(F)c(COc2cnccn2)c1)Nc1ccn(-c2ccccc2)n1. The van der Waals surface area contributed by atoms with Crippen molar-refractivity contribution in [3.8, 4) is 11.6 Å². The van der Waals surface area contributed by atoms with Gasteiger partial charge in [-0.25, -0.2) is 18.9 Å². The highest BCUT2D eigenvalue weighted by molar-refractivity contribution is 5.99. The molecule has 0 radical (unpaired) electrons. The van der Waals surface area contributed by atoms with E-state index < -0.39 is 11.8 Å². The minimum Gasteiger partial charge on any atom is -0.472 e. The van der Waals surface area contributed by atoms with Gasteiger partial charge in [0.05, 0.1) is 11.9 Å². The molecule has 8 nitrogen and oxygen atoms in total. The van der Waals surface area contributed by atoms with Crippen molar-refractivity contribution in [3.63, 3.8) is 0 Å². The summed E-state index contributed by atoms with van der Waals surface area (Å²) in [5, 5.41) is 9.61. The first kappa shape index (κ1) is 19.1. The maximum atomic E-state index is 14.1. The van der Waals surface area contributed by atoms with E-state index in [1.807, 2.05) is 30.3 Å². The summed E-state index contributed by atoms with van der Waals surface area (Å²) in [7, 11) is 0. The van der Waals surface area contributed by atoms with Crippen LogP contribution in [0.3, 0.4) is 0 Å². The van der Waals surface area contributed by atoms with Crippen LogP contribution in [0.15, 0.2) is 79.4 Å². The fourth-order valence-corrected chi connectivity index (χ4v) is 2.67. The number of nitrogens with zero attached hydrogens (tertiary/aromatic N) is 4. The molecule has 2 aromatic carbocycles. The Balaban J connectivity index is 1.38. The Labute approximate surface area is 171 Å². The van der Waals surface area contributed by atoms with Crippen LogP contribution in [0.25, 0.3) is 5.69 Å². The summed E-state index contributed by atoms with van der Waals surface area (Å²) in [5.74, 6) is 0.207. The van der Waals surface area contributed by atoms with Crippen LogP contribution in [0.2, 0.25) is 0 Å². The maximum absolute atomic E-state index is 14.1. The van der Waals surface area contributed by atoms with Gasteiger partial charge in [-0.3, -0.25) is 10.3 Å². The molecular weight excluding hydrogens is 387 g/mol. The minimum absolute atomic E-state index is 0.0524. The van der Waals surface area contributed by atoms with Crippen LogP contribution < -0.4 is 15.4 Å². The Hall–Kier alpha value is -4.27. The molecule has 0 fully saturated rings. The smallest absolute Gasteiger partial charge is 0.324 e. The molecule has 30 heavy (non-hydrogen) atoms. The molecule has 0 aliphatic rings. The zero-order valence-corrected chi connectivity index (χ0v) is 15.7. The third kappa shape index (κ3) is 4.76. The lowest BCUT2D eigenvalue weighted by atomic mass is 10.2. The molecule has 0 saturated carbocycles. The van der Waals surface area contributed by atoms with Crippen molar-refractivity contribution in [1.82, 2.24) is 19.7 Å². The monoisotopic (exact) mass is 404 g/mol. The summed E-state index contributed by atoms with van der Waals surface area (Å²) in [6.07, 6.45) is 6.17. The third-order valence-corrected chi connectivity index (χ3v) is 4.07. The van der Waals surface area contributed by atoms with Crippen molar-refractivity contribution in [2.75, 3.05) is 10.6 Å². The standard InChI is InChI=1S/C21H17FN6O2/c22-18-7-6-16(12-15(18)14-30-20-13-23-9-10-24-20)25-21(29)26-19-8-11-28(27-19)17-4-2-1-3-5-17/h1-13H,14H2,(H2,25,26,27,29). The van der Waals surface area contributed by atoms with Crippen molar-refractivity contribution in [2.45, 2.75) is 6.61 Å². The number of rotatable bonds is 6. The molecule has 2 heterocycles. The molecule has 0 saturated heterocycles. The van der Waals surface area contributed by atoms with Gasteiger partial charge in [0.25, 0.3) is 0 Å². The van der Waals surface area contributed by atoms with E-state index in [1.165, 1.54) is 36.8 Å². The zero-order chi connectivity index (χ0) is 20.8. The quantitative estimate of drug-likeness (QED) is 0.506. The highest BCUT2D eigenvalue weighted by Gasteiger charge is 2.10. The second-order valence-electron chi connectivity index (χ2n) is 6.20. The first-order valence-corrected chi connectivity index (χ1v) is 9.04. The van der Waals surface area contributed by atoms with Crippen molar-refractivity contribution in [3.05, 3.63) is 90.8 Å². The lowest BCUT2D eigenvalue weighted by Crippen LogP contribution is -2.20. The number of halogens is 1. The first-order chi connectivity index (χ1) is 14.7. The summed E-state index contributed by atoms with van der Waals surface area (Å²) < 4.78 is 21.1. The van der Waals surface area contributed by atoms with Crippen molar-refractivity contribution < 1.29 is 13.9 Å². The van der Waals surface area contributed by atoms with E-state index in [9.17, 15) is 9.18 Å². The fraction of sp³-hybridized carbons (Fsp3) is 0.0476. The lowest BCUT2D eigenvalue weighted by molar-refractivity contribution is 0.262. The summed E-state index contributed by atoms with van der Waals surface area (Å²) in [6.45, 7) is -0.0524. The van der Waals surface area contributed by atoms with E-state index in [2.05, 4.69) is 25.7 Å². The van der Waals surface area contributed by atoms with Gasteiger partial charge in [-0.1, -0.05) is 18.2 Å². The molecule has 0 aliphatic carbocycles. The van der Waals surface area contributed by atoms with Crippen LogP contribution in [0, 0.1) is 5.82 Å². The second-order valence-corrected chi connectivity index (χ2v) is 6.20. The van der Waals surface area contributed by atoms with E-state index in [0.29, 0.717) is 11.5 Å². The van der Waals surface area contributed by atoms with E-state index >= 15 is 0 Å². The second kappa shape index (κ2) is 8.82. The normalized spacial score (nSPS) is 10.4. The Bertz CT molecular complexity index is 1130. The summed E-state index contributed by atoms with van der Waals surface area (Å²) in [6, 6.07) is 14.9. The number of carbonyl (C=O) groups excluding carboxylic acids is 1. The van der Waals surface area contributed by atoms with Crippen LogP contribution in [0.4, 0.5) is 20.7 Å². The highest BCUT2D eigenvalue weighted by atomic mass is 19.1. The number of aromatic nitrogens is 4. The van der Waals surface area contributed by atoms with Gasteiger partial charge in [-0.2, -0.15) is 0 Å². The van der Waals surface area contributed by atoms with Crippen molar-refractivity contribution >= 4 is 17.5 Å². The minimum atomic E-state index is -0.499. The molecule has 0 bridgehead atoms. The molecule has 150 valence electrons. The molecular formula is C21H17FN6O2. The summed E-state index contributed by atoms with van der Waals surface area (Å²) in [5.41, 5.74) is 1.55. The lowest BCUT2D eigenvalue weighted by Gasteiger charge is -2.10. The maximum Gasteiger partial charge on any atom is 0.324 e. The van der Waals surface area contributed by atoms with Gasteiger partial charge in [0.15, 0.2) is 5.82 Å². The van der Waals surface area contributed by atoms with Gasteiger partial charge in [-0.05, 0) is 30.3 Å². The Kier molecular flexibility index (Phi) is 5.61. The van der Waals surface area contributed by atoms with Crippen LogP contribution in [-0.2, 0) is 6.61 Å². The number of hydrogen-bond acceptors (Lipinski definition) is 5. The Morgan fingerprint density at radius 3 is 2.73 bits per heavy atom. The summed E-state index contributed by atoms with van der Waals surface area (Å²) in [4.78, 5) is 20.1. The molecule has 4 rings (SSSR count).